The van der Waals surface area contributed by atoms with Crippen LogP contribution in [0.1, 0.15) is 50.4 Å². The van der Waals surface area contributed by atoms with Gasteiger partial charge in [-0.1, -0.05) is 57.5 Å². The third kappa shape index (κ3) is 3.95. The Hall–Kier alpha value is -1.15. The van der Waals surface area contributed by atoms with E-state index >= 15 is 0 Å². The third-order valence-corrected chi connectivity index (χ3v) is 3.39. The molecule has 0 aliphatic carbocycles. The van der Waals surface area contributed by atoms with Crippen LogP contribution in [0.15, 0.2) is 30.3 Å². The summed E-state index contributed by atoms with van der Waals surface area (Å²) < 4.78 is 0. The monoisotopic (exact) mass is 247 g/mol. The minimum absolute atomic E-state index is 0.0314. The number of benzene rings is 1. The molecule has 0 heterocycles. The van der Waals surface area contributed by atoms with Gasteiger partial charge in [-0.25, -0.2) is 0 Å². The van der Waals surface area contributed by atoms with E-state index in [4.69, 9.17) is 0 Å². The molecule has 1 aromatic carbocycles. The maximum atomic E-state index is 12.5. The molecule has 0 saturated carbocycles. The van der Waals surface area contributed by atoms with E-state index in [0.29, 0.717) is 0 Å². The highest BCUT2D eigenvalue weighted by Crippen LogP contribution is 2.13. The number of likely N-dealkylation sites (N-methyl/N-ethyl adjacent to an activating group) is 1. The molecule has 0 spiro atoms. The molecule has 0 saturated heterocycles. The van der Waals surface area contributed by atoms with Gasteiger partial charge in [-0.2, -0.15) is 0 Å². The SMILES string of the molecule is CCCCN(CC)C(CC)C(=O)c1ccccc1. The quantitative estimate of drug-likeness (QED) is 0.652. The van der Waals surface area contributed by atoms with Crippen molar-refractivity contribution in [3.63, 3.8) is 0 Å². The van der Waals surface area contributed by atoms with Crippen LogP contribution >= 0.6 is 0 Å². The summed E-state index contributed by atoms with van der Waals surface area (Å²) in [6.45, 7) is 8.38. The van der Waals surface area contributed by atoms with Crippen molar-refractivity contribution in [1.29, 1.82) is 0 Å². The summed E-state index contributed by atoms with van der Waals surface area (Å²) >= 11 is 0. The van der Waals surface area contributed by atoms with E-state index in [9.17, 15) is 4.79 Å². The highest BCUT2D eigenvalue weighted by atomic mass is 16.1. The van der Waals surface area contributed by atoms with Crippen molar-refractivity contribution >= 4 is 5.78 Å². The minimum atomic E-state index is 0.0314. The van der Waals surface area contributed by atoms with Crippen LogP contribution in [0.4, 0.5) is 0 Å². The molecule has 2 nitrogen and oxygen atoms in total. The number of unbranched alkanes of at least 4 members (excludes halogenated alkanes) is 1. The fourth-order valence-electron chi connectivity index (χ4n) is 2.30. The molecule has 0 aliphatic rings. The topological polar surface area (TPSA) is 20.3 Å². The van der Waals surface area contributed by atoms with Crippen LogP contribution in [0.25, 0.3) is 0 Å². The molecular weight excluding hydrogens is 222 g/mol. The molecule has 0 aliphatic heterocycles. The maximum absolute atomic E-state index is 12.5. The zero-order valence-electron chi connectivity index (χ0n) is 11.9. The fraction of sp³-hybridized carbons (Fsp3) is 0.562. The van der Waals surface area contributed by atoms with Crippen LogP contribution in [-0.2, 0) is 0 Å². The van der Waals surface area contributed by atoms with Crippen molar-refractivity contribution in [1.82, 2.24) is 4.90 Å². The lowest BCUT2D eigenvalue weighted by molar-refractivity contribution is 0.0816. The number of carbonyl (C=O) groups is 1. The lowest BCUT2D eigenvalue weighted by atomic mass is 10.0. The predicted molar refractivity (Wildman–Crippen MR) is 77.0 cm³/mol. The molecule has 1 aromatic rings. The minimum Gasteiger partial charge on any atom is -0.294 e. The number of rotatable bonds is 8. The molecule has 100 valence electrons. The van der Waals surface area contributed by atoms with Gasteiger partial charge in [0.25, 0.3) is 0 Å². The van der Waals surface area contributed by atoms with Crippen molar-refractivity contribution in [3.8, 4) is 0 Å². The molecule has 0 radical (unpaired) electrons. The Bertz CT molecular complexity index is 347. The van der Waals surface area contributed by atoms with Gasteiger partial charge in [-0.15, -0.1) is 0 Å². The van der Waals surface area contributed by atoms with E-state index in [-0.39, 0.29) is 11.8 Å². The van der Waals surface area contributed by atoms with Crippen LogP contribution < -0.4 is 0 Å². The van der Waals surface area contributed by atoms with Crippen molar-refractivity contribution in [3.05, 3.63) is 35.9 Å². The van der Waals surface area contributed by atoms with Crippen molar-refractivity contribution in [2.75, 3.05) is 13.1 Å². The van der Waals surface area contributed by atoms with Crippen LogP contribution in [-0.4, -0.2) is 29.8 Å². The van der Waals surface area contributed by atoms with E-state index < -0.39 is 0 Å². The molecule has 18 heavy (non-hydrogen) atoms. The van der Waals surface area contributed by atoms with E-state index in [1.165, 1.54) is 6.42 Å². The first kappa shape index (κ1) is 14.9. The highest BCUT2D eigenvalue weighted by molar-refractivity contribution is 6.00. The second-order valence-corrected chi connectivity index (χ2v) is 4.64. The Morgan fingerprint density at radius 1 is 1.17 bits per heavy atom. The second-order valence-electron chi connectivity index (χ2n) is 4.64. The number of ketones is 1. The summed E-state index contributed by atoms with van der Waals surface area (Å²) in [5, 5.41) is 0. The van der Waals surface area contributed by atoms with Gasteiger partial charge >= 0.3 is 0 Å². The average Bonchev–Trinajstić information content (AvgIpc) is 2.43. The standard InChI is InChI=1S/C16H25NO/c1-4-7-13-17(6-3)15(5-2)16(18)14-11-9-8-10-12-14/h8-12,15H,4-7,13H2,1-3H3. The molecule has 1 atom stereocenters. The lowest BCUT2D eigenvalue weighted by Gasteiger charge is -2.28. The molecule has 0 N–H and O–H groups in total. The van der Waals surface area contributed by atoms with E-state index in [1.807, 2.05) is 30.3 Å². The fourth-order valence-corrected chi connectivity index (χ4v) is 2.30. The largest absolute Gasteiger partial charge is 0.294 e. The predicted octanol–water partition coefficient (Wildman–Crippen LogP) is 3.77. The second kappa shape index (κ2) is 8.04. The van der Waals surface area contributed by atoms with Gasteiger partial charge in [-0.3, -0.25) is 9.69 Å². The first-order valence-electron chi connectivity index (χ1n) is 7.07. The lowest BCUT2D eigenvalue weighted by Crippen LogP contribution is -2.41. The van der Waals surface area contributed by atoms with Gasteiger partial charge in [0.2, 0.25) is 0 Å². The van der Waals surface area contributed by atoms with Gasteiger partial charge in [0.1, 0.15) is 0 Å². The Morgan fingerprint density at radius 2 is 1.83 bits per heavy atom. The first-order valence-corrected chi connectivity index (χ1v) is 7.07. The molecule has 0 fully saturated rings. The maximum Gasteiger partial charge on any atom is 0.179 e. The molecule has 0 aromatic heterocycles. The molecular formula is C16H25NO. The summed E-state index contributed by atoms with van der Waals surface area (Å²) in [6, 6.07) is 9.68. The number of hydrogen-bond acceptors (Lipinski definition) is 2. The van der Waals surface area contributed by atoms with Gasteiger partial charge < -0.3 is 0 Å². The summed E-state index contributed by atoms with van der Waals surface area (Å²) in [6.07, 6.45) is 3.21. The first-order chi connectivity index (χ1) is 8.74. The number of nitrogens with zero attached hydrogens (tertiary/aromatic N) is 1. The van der Waals surface area contributed by atoms with Crippen LogP contribution in [0, 0.1) is 0 Å². The molecule has 2 heteroatoms. The van der Waals surface area contributed by atoms with Crippen molar-refractivity contribution in [2.24, 2.45) is 0 Å². The van der Waals surface area contributed by atoms with Gasteiger partial charge in [0.15, 0.2) is 5.78 Å². The highest BCUT2D eigenvalue weighted by Gasteiger charge is 2.23. The van der Waals surface area contributed by atoms with E-state index in [0.717, 1.165) is 31.5 Å². The summed E-state index contributed by atoms with van der Waals surface area (Å²) in [5.41, 5.74) is 0.833. The van der Waals surface area contributed by atoms with Gasteiger partial charge in [0, 0.05) is 5.56 Å². The normalized spacial score (nSPS) is 12.7. The number of Topliss-reactive ketones (excluding diaryl/α,β-unsaturated/α-hetero) is 1. The molecule has 1 unspecified atom stereocenters. The van der Waals surface area contributed by atoms with E-state index in [2.05, 4.69) is 25.7 Å². The van der Waals surface area contributed by atoms with Crippen LogP contribution in [0.5, 0.6) is 0 Å². The zero-order valence-corrected chi connectivity index (χ0v) is 11.9. The summed E-state index contributed by atoms with van der Waals surface area (Å²) in [4.78, 5) is 14.8. The molecule has 0 amide bonds. The van der Waals surface area contributed by atoms with Gasteiger partial charge in [0.05, 0.1) is 6.04 Å². The summed E-state index contributed by atoms with van der Waals surface area (Å²) in [5.74, 6) is 0.260. The van der Waals surface area contributed by atoms with Crippen molar-refractivity contribution in [2.45, 2.75) is 46.1 Å². The van der Waals surface area contributed by atoms with E-state index in [1.54, 1.807) is 0 Å². The summed E-state index contributed by atoms with van der Waals surface area (Å²) in [7, 11) is 0. The van der Waals surface area contributed by atoms with Crippen molar-refractivity contribution < 1.29 is 4.79 Å². The van der Waals surface area contributed by atoms with Crippen LogP contribution in [0.3, 0.4) is 0 Å². The third-order valence-electron chi connectivity index (χ3n) is 3.39. The Labute approximate surface area is 111 Å². The number of hydrogen-bond donors (Lipinski definition) is 0. The Balaban J connectivity index is 2.78. The Morgan fingerprint density at radius 3 is 2.33 bits per heavy atom. The molecule has 1 rings (SSSR count). The van der Waals surface area contributed by atoms with Gasteiger partial charge in [-0.05, 0) is 25.9 Å². The Kier molecular flexibility index (Phi) is 6.66. The van der Waals surface area contributed by atoms with Crippen LogP contribution in [0.2, 0.25) is 0 Å². The smallest absolute Gasteiger partial charge is 0.179 e. The number of carbonyl (C=O) groups excluding carboxylic acids is 1. The average molecular weight is 247 g/mol. The zero-order chi connectivity index (χ0) is 13.4. The molecule has 0 bridgehead atoms.